The van der Waals surface area contributed by atoms with Gasteiger partial charge in [0, 0.05) is 23.9 Å². The van der Waals surface area contributed by atoms with Crippen LogP contribution in [0.1, 0.15) is 11.1 Å². The minimum absolute atomic E-state index is 0.0227. The number of hydrogen-bond donors (Lipinski definition) is 0. The molecule has 2 aromatic carbocycles. The van der Waals surface area contributed by atoms with E-state index in [9.17, 15) is 4.79 Å². The van der Waals surface area contributed by atoms with Crippen LogP contribution in [0.25, 0.3) is 20.4 Å². The number of hydrogen-bond acceptors (Lipinski definition) is 5. The summed E-state index contributed by atoms with van der Waals surface area (Å²) in [5.41, 5.74) is 3.21. The molecule has 0 N–H and O–H groups in total. The average molecular weight is 430 g/mol. The molecule has 148 valence electrons. The predicted molar refractivity (Wildman–Crippen MR) is 125 cm³/mol. The quantitative estimate of drug-likeness (QED) is 0.263. The van der Waals surface area contributed by atoms with Crippen molar-refractivity contribution in [3.63, 3.8) is 0 Å². The molecule has 0 amide bonds. The Hall–Kier alpha value is -2.96. The Balaban J connectivity index is 1.58. The number of thioether (sulfide) groups is 1. The topological polar surface area (TPSA) is 47.8 Å². The molecule has 0 fully saturated rings. The van der Waals surface area contributed by atoms with Crippen molar-refractivity contribution in [1.82, 2.24) is 14.5 Å². The molecular formula is C24H19N3OS2. The number of thiophene rings is 1. The summed E-state index contributed by atoms with van der Waals surface area (Å²) in [5, 5.41) is 1.71. The second kappa shape index (κ2) is 8.42. The van der Waals surface area contributed by atoms with E-state index in [1.54, 1.807) is 18.0 Å². The van der Waals surface area contributed by atoms with Crippen LogP contribution in [0.3, 0.4) is 0 Å². The van der Waals surface area contributed by atoms with E-state index in [1.165, 1.54) is 22.5 Å². The Kier molecular flexibility index (Phi) is 5.34. The van der Waals surface area contributed by atoms with Crippen LogP contribution in [0, 0.1) is 0 Å². The molecule has 0 aliphatic heterocycles. The van der Waals surface area contributed by atoms with E-state index in [-0.39, 0.29) is 5.56 Å². The molecule has 3 aromatic heterocycles. The van der Waals surface area contributed by atoms with E-state index in [1.807, 2.05) is 53.1 Å². The lowest BCUT2D eigenvalue weighted by Gasteiger charge is -2.12. The van der Waals surface area contributed by atoms with E-state index in [0.29, 0.717) is 11.2 Å². The van der Waals surface area contributed by atoms with E-state index < -0.39 is 0 Å². The molecule has 3 heterocycles. The Morgan fingerprint density at radius 1 is 0.900 bits per heavy atom. The number of aryl methyl sites for hydroxylation is 1. The highest BCUT2D eigenvalue weighted by Gasteiger charge is 2.17. The van der Waals surface area contributed by atoms with Crippen molar-refractivity contribution in [2.75, 3.05) is 0 Å². The number of fused-ring (bicyclic) bond motifs is 3. The number of benzene rings is 2. The van der Waals surface area contributed by atoms with E-state index in [0.717, 1.165) is 33.1 Å². The molecule has 5 rings (SSSR count). The van der Waals surface area contributed by atoms with Gasteiger partial charge in [0.1, 0.15) is 9.53 Å². The lowest BCUT2D eigenvalue weighted by atomic mass is 10.1. The van der Waals surface area contributed by atoms with Crippen LogP contribution in [0.2, 0.25) is 0 Å². The molecule has 4 nitrogen and oxygen atoms in total. The van der Waals surface area contributed by atoms with Crippen molar-refractivity contribution in [3.8, 4) is 0 Å². The molecule has 0 saturated heterocycles. The Labute approximate surface area is 182 Å². The normalized spacial score (nSPS) is 11.3. The Morgan fingerprint density at radius 3 is 2.40 bits per heavy atom. The second-order valence-electron chi connectivity index (χ2n) is 7.00. The minimum atomic E-state index is 0.0227. The van der Waals surface area contributed by atoms with Gasteiger partial charge >= 0.3 is 0 Å². The third kappa shape index (κ3) is 3.76. The van der Waals surface area contributed by atoms with Crippen LogP contribution >= 0.6 is 23.1 Å². The fraction of sp³-hybridized carbons (Fsp3) is 0.125. The largest absolute Gasteiger partial charge is 0.286 e. The first kappa shape index (κ1) is 19.0. The van der Waals surface area contributed by atoms with Crippen molar-refractivity contribution in [2.24, 2.45) is 0 Å². The summed E-state index contributed by atoms with van der Waals surface area (Å²) >= 11 is 3.04. The zero-order valence-corrected chi connectivity index (χ0v) is 17.8. The van der Waals surface area contributed by atoms with Crippen molar-refractivity contribution < 1.29 is 0 Å². The molecule has 0 bridgehead atoms. The van der Waals surface area contributed by atoms with E-state index >= 15 is 0 Å². The molecule has 5 aromatic rings. The SMILES string of the molecule is O=c1c2sc3ncccc3c2nc(SCc2ccccc2)n1CCc1ccccc1. The number of nitrogens with zero attached hydrogens (tertiary/aromatic N) is 3. The monoisotopic (exact) mass is 429 g/mol. The lowest BCUT2D eigenvalue weighted by Crippen LogP contribution is -2.23. The van der Waals surface area contributed by atoms with Gasteiger partial charge in [0.15, 0.2) is 5.16 Å². The highest BCUT2D eigenvalue weighted by Crippen LogP contribution is 2.31. The molecule has 0 radical (unpaired) electrons. The smallest absolute Gasteiger partial charge is 0.272 e. The van der Waals surface area contributed by atoms with Crippen molar-refractivity contribution in [2.45, 2.75) is 23.9 Å². The van der Waals surface area contributed by atoms with Crippen LogP contribution in [0.15, 0.2) is 88.9 Å². The van der Waals surface area contributed by atoms with Gasteiger partial charge in [0.05, 0.1) is 5.52 Å². The molecule has 0 spiro atoms. The first-order valence-corrected chi connectivity index (χ1v) is 11.6. The zero-order valence-electron chi connectivity index (χ0n) is 16.2. The summed E-state index contributed by atoms with van der Waals surface area (Å²) in [6.07, 6.45) is 2.55. The van der Waals surface area contributed by atoms with Crippen LogP contribution < -0.4 is 5.56 Å². The van der Waals surface area contributed by atoms with Gasteiger partial charge in [0.25, 0.3) is 5.56 Å². The summed E-state index contributed by atoms with van der Waals surface area (Å²) in [6, 6.07) is 24.4. The molecule has 6 heteroatoms. The maximum atomic E-state index is 13.4. The molecule has 0 saturated carbocycles. The van der Waals surface area contributed by atoms with Gasteiger partial charge in [-0.15, -0.1) is 11.3 Å². The first-order chi connectivity index (χ1) is 14.8. The van der Waals surface area contributed by atoms with Gasteiger partial charge in [-0.2, -0.15) is 0 Å². The summed E-state index contributed by atoms with van der Waals surface area (Å²) in [4.78, 5) is 23.7. The highest BCUT2D eigenvalue weighted by molar-refractivity contribution is 7.98. The van der Waals surface area contributed by atoms with Crippen LogP contribution in [0.5, 0.6) is 0 Å². The van der Waals surface area contributed by atoms with Crippen LogP contribution in [-0.2, 0) is 18.7 Å². The summed E-state index contributed by atoms with van der Waals surface area (Å²) in [6.45, 7) is 0.602. The van der Waals surface area contributed by atoms with Crippen molar-refractivity contribution >= 4 is 43.5 Å². The zero-order chi connectivity index (χ0) is 20.3. The first-order valence-electron chi connectivity index (χ1n) is 9.78. The van der Waals surface area contributed by atoms with Gasteiger partial charge in [0.2, 0.25) is 0 Å². The van der Waals surface area contributed by atoms with Crippen LogP contribution in [0.4, 0.5) is 0 Å². The minimum Gasteiger partial charge on any atom is -0.286 e. The summed E-state index contributed by atoms with van der Waals surface area (Å²) in [7, 11) is 0. The maximum absolute atomic E-state index is 13.4. The fourth-order valence-corrected chi connectivity index (χ4v) is 5.46. The van der Waals surface area contributed by atoms with Gasteiger partial charge in [-0.1, -0.05) is 72.4 Å². The Bertz CT molecular complexity index is 1360. The summed E-state index contributed by atoms with van der Waals surface area (Å²) < 4.78 is 2.51. The highest BCUT2D eigenvalue weighted by atomic mass is 32.2. The lowest BCUT2D eigenvalue weighted by molar-refractivity contribution is 0.596. The van der Waals surface area contributed by atoms with E-state index in [2.05, 4.69) is 29.2 Å². The maximum Gasteiger partial charge on any atom is 0.272 e. The molecule has 0 aliphatic carbocycles. The Morgan fingerprint density at radius 2 is 1.63 bits per heavy atom. The van der Waals surface area contributed by atoms with Crippen LogP contribution in [-0.4, -0.2) is 14.5 Å². The number of aromatic nitrogens is 3. The van der Waals surface area contributed by atoms with E-state index in [4.69, 9.17) is 4.98 Å². The van der Waals surface area contributed by atoms with Crippen molar-refractivity contribution in [3.05, 3.63) is 100 Å². The fourth-order valence-electron chi connectivity index (χ4n) is 3.46. The molecular weight excluding hydrogens is 410 g/mol. The standard InChI is InChI=1S/C24H19N3OS2/c28-23-21-20(19-12-7-14-25-22(19)30-21)26-24(29-16-18-10-5-2-6-11-18)27(23)15-13-17-8-3-1-4-9-17/h1-12,14H,13,15-16H2. The third-order valence-electron chi connectivity index (χ3n) is 5.00. The van der Waals surface area contributed by atoms with Gasteiger partial charge in [-0.3, -0.25) is 9.36 Å². The summed E-state index contributed by atoms with van der Waals surface area (Å²) in [5.74, 6) is 0.768. The molecule has 0 aliphatic rings. The molecule has 30 heavy (non-hydrogen) atoms. The molecule has 0 atom stereocenters. The van der Waals surface area contributed by atoms with Crippen molar-refractivity contribution in [1.29, 1.82) is 0 Å². The number of rotatable bonds is 6. The number of pyridine rings is 1. The average Bonchev–Trinajstić information content (AvgIpc) is 3.17. The van der Waals surface area contributed by atoms with Gasteiger partial charge in [-0.05, 0) is 29.7 Å². The second-order valence-corrected chi connectivity index (χ2v) is 8.94. The molecule has 0 unspecified atom stereocenters. The van der Waals surface area contributed by atoms with Gasteiger partial charge < -0.3 is 0 Å². The predicted octanol–water partition coefficient (Wildman–Crippen LogP) is 5.54. The van der Waals surface area contributed by atoms with Gasteiger partial charge in [-0.25, -0.2) is 9.97 Å². The third-order valence-corrected chi connectivity index (χ3v) is 7.13.